The van der Waals surface area contributed by atoms with Crippen molar-refractivity contribution in [3.63, 3.8) is 0 Å². The number of ether oxygens (including phenoxy) is 1. The van der Waals surface area contributed by atoms with Gasteiger partial charge in [0.2, 0.25) is 5.91 Å². The molecule has 0 spiro atoms. The van der Waals surface area contributed by atoms with Crippen LogP contribution >= 0.6 is 0 Å². The zero-order valence-electron chi connectivity index (χ0n) is 17.6. The Labute approximate surface area is 178 Å². The molecule has 0 aliphatic carbocycles. The SMILES string of the molecule is COc1ccc(N2CCN(C(=O)CN3CCCC3Cc3cccc(F)c3)CC2)cc1. The lowest BCUT2D eigenvalue weighted by atomic mass is 10.0. The molecule has 6 heteroatoms. The minimum Gasteiger partial charge on any atom is -0.497 e. The number of likely N-dealkylation sites (tertiary alicyclic amines) is 1. The van der Waals surface area contributed by atoms with Gasteiger partial charge >= 0.3 is 0 Å². The van der Waals surface area contributed by atoms with Gasteiger partial charge in [0.25, 0.3) is 0 Å². The van der Waals surface area contributed by atoms with Crippen LogP contribution in [0, 0.1) is 5.82 Å². The van der Waals surface area contributed by atoms with E-state index in [0.717, 1.165) is 69.0 Å². The van der Waals surface area contributed by atoms with Crippen molar-refractivity contribution in [2.75, 3.05) is 51.3 Å². The minimum absolute atomic E-state index is 0.192. The predicted octanol–water partition coefficient (Wildman–Crippen LogP) is 3.19. The molecule has 1 unspecified atom stereocenters. The second-order valence-electron chi connectivity index (χ2n) is 8.17. The lowest BCUT2D eigenvalue weighted by Crippen LogP contribution is -2.51. The fraction of sp³-hybridized carbons (Fsp3) is 0.458. The summed E-state index contributed by atoms with van der Waals surface area (Å²) in [6.07, 6.45) is 2.96. The Morgan fingerprint density at radius 2 is 1.83 bits per heavy atom. The molecule has 30 heavy (non-hydrogen) atoms. The number of hydrogen-bond donors (Lipinski definition) is 0. The molecule has 2 fully saturated rings. The number of anilines is 1. The zero-order valence-corrected chi connectivity index (χ0v) is 17.6. The van der Waals surface area contributed by atoms with Crippen LogP contribution in [0.2, 0.25) is 0 Å². The second kappa shape index (κ2) is 9.47. The van der Waals surface area contributed by atoms with Gasteiger partial charge in [0.1, 0.15) is 11.6 Å². The summed E-state index contributed by atoms with van der Waals surface area (Å²) < 4.78 is 18.7. The van der Waals surface area contributed by atoms with Crippen molar-refractivity contribution < 1.29 is 13.9 Å². The number of rotatable bonds is 6. The van der Waals surface area contributed by atoms with Gasteiger partial charge in [-0.3, -0.25) is 9.69 Å². The van der Waals surface area contributed by atoms with E-state index < -0.39 is 0 Å². The Kier molecular flexibility index (Phi) is 6.53. The zero-order chi connectivity index (χ0) is 20.9. The van der Waals surface area contributed by atoms with Gasteiger partial charge in [-0.2, -0.15) is 0 Å². The molecule has 4 rings (SSSR count). The van der Waals surface area contributed by atoms with Gasteiger partial charge < -0.3 is 14.5 Å². The summed E-state index contributed by atoms with van der Waals surface area (Å²) in [6.45, 7) is 4.57. The molecule has 2 aromatic rings. The number of nitrogens with zero attached hydrogens (tertiary/aromatic N) is 3. The van der Waals surface area contributed by atoms with Crippen LogP contribution in [0.4, 0.5) is 10.1 Å². The van der Waals surface area contributed by atoms with Crippen molar-refractivity contribution >= 4 is 11.6 Å². The number of carbonyl (C=O) groups excluding carboxylic acids is 1. The molecule has 0 aromatic heterocycles. The summed E-state index contributed by atoms with van der Waals surface area (Å²) >= 11 is 0. The molecule has 2 heterocycles. The van der Waals surface area contributed by atoms with E-state index in [0.29, 0.717) is 12.6 Å². The normalized spacial score (nSPS) is 19.9. The Bertz CT molecular complexity index is 850. The molecule has 0 bridgehead atoms. The van der Waals surface area contributed by atoms with Crippen LogP contribution < -0.4 is 9.64 Å². The van der Waals surface area contributed by atoms with Crippen molar-refractivity contribution in [3.8, 4) is 5.75 Å². The maximum absolute atomic E-state index is 13.5. The molecule has 2 aliphatic heterocycles. The fourth-order valence-corrected chi connectivity index (χ4v) is 4.55. The first kappa shape index (κ1) is 20.7. The highest BCUT2D eigenvalue weighted by Crippen LogP contribution is 2.23. The molecule has 1 atom stereocenters. The van der Waals surface area contributed by atoms with E-state index in [1.165, 1.54) is 6.07 Å². The first-order valence-corrected chi connectivity index (χ1v) is 10.8. The number of benzene rings is 2. The van der Waals surface area contributed by atoms with Crippen molar-refractivity contribution in [2.45, 2.75) is 25.3 Å². The monoisotopic (exact) mass is 411 g/mol. The number of carbonyl (C=O) groups is 1. The van der Waals surface area contributed by atoms with Crippen molar-refractivity contribution in [3.05, 3.63) is 59.9 Å². The highest BCUT2D eigenvalue weighted by Gasteiger charge is 2.29. The van der Waals surface area contributed by atoms with E-state index in [-0.39, 0.29) is 11.7 Å². The standard InChI is InChI=1S/C24H30FN3O2/c1-30-23-9-7-21(8-10-23)26-12-14-27(15-13-26)24(29)18-28-11-3-6-22(28)17-19-4-2-5-20(25)16-19/h2,4-5,7-10,16,22H,3,6,11-15,17-18H2,1H3. The smallest absolute Gasteiger partial charge is 0.236 e. The quantitative estimate of drug-likeness (QED) is 0.732. The van der Waals surface area contributed by atoms with Crippen LogP contribution in [0.15, 0.2) is 48.5 Å². The maximum Gasteiger partial charge on any atom is 0.236 e. The minimum atomic E-state index is -0.192. The highest BCUT2D eigenvalue weighted by atomic mass is 19.1. The van der Waals surface area contributed by atoms with Gasteiger partial charge in [0.15, 0.2) is 0 Å². The van der Waals surface area contributed by atoms with E-state index in [1.807, 2.05) is 23.1 Å². The average Bonchev–Trinajstić information content (AvgIpc) is 3.20. The molecule has 0 radical (unpaired) electrons. The number of halogens is 1. The van der Waals surface area contributed by atoms with Crippen LogP contribution in [-0.4, -0.2) is 68.1 Å². The summed E-state index contributed by atoms with van der Waals surface area (Å²) in [5.41, 5.74) is 2.17. The first-order valence-electron chi connectivity index (χ1n) is 10.8. The van der Waals surface area contributed by atoms with E-state index in [4.69, 9.17) is 4.74 Å². The molecule has 2 aliphatic rings. The lowest BCUT2D eigenvalue weighted by molar-refractivity contribution is -0.132. The lowest BCUT2D eigenvalue weighted by Gasteiger charge is -2.37. The number of piperazine rings is 1. The molecule has 0 saturated carbocycles. The van der Waals surface area contributed by atoms with Crippen LogP contribution in [0.5, 0.6) is 5.75 Å². The Balaban J connectivity index is 1.28. The first-order chi connectivity index (χ1) is 14.6. The Morgan fingerprint density at radius 1 is 1.07 bits per heavy atom. The molecule has 5 nitrogen and oxygen atoms in total. The number of amides is 1. The van der Waals surface area contributed by atoms with Gasteiger partial charge in [-0.15, -0.1) is 0 Å². The van der Waals surface area contributed by atoms with Crippen molar-refractivity contribution in [2.24, 2.45) is 0 Å². The largest absolute Gasteiger partial charge is 0.497 e. The van der Waals surface area contributed by atoms with Crippen LogP contribution in [0.25, 0.3) is 0 Å². The summed E-state index contributed by atoms with van der Waals surface area (Å²) in [5.74, 6) is 0.865. The molecule has 2 aromatic carbocycles. The summed E-state index contributed by atoms with van der Waals surface area (Å²) in [4.78, 5) is 19.5. The van der Waals surface area contributed by atoms with Crippen LogP contribution in [0.3, 0.4) is 0 Å². The fourth-order valence-electron chi connectivity index (χ4n) is 4.55. The van der Waals surface area contributed by atoms with E-state index in [9.17, 15) is 9.18 Å². The van der Waals surface area contributed by atoms with Gasteiger partial charge in [-0.1, -0.05) is 12.1 Å². The number of hydrogen-bond acceptors (Lipinski definition) is 4. The van der Waals surface area contributed by atoms with Gasteiger partial charge in [0, 0.05) is 37.9 Å². The Morgan fingerprint density at radius 3 is 2.53 bits per heavy atom. The van der Waals surface area contributed by atoms with Crippen molar-refractivity contribution in [1.29, 1.82) is 0 Å². The van der Waals surface area contributed by atoms with E-state index >= 15 is 0 Å². The van der Waals surface area contributed by atoms with Gasteiger partial charge in [-0.05, 0) is 67.8 Å². The summed E-state index contributed by atoms with van der Waals surface area (Å²) in [7, 11) is 1.67. The molecule has 1 amide bonds. The predicted molar refractivity (Wildman–Crippen MR) is 116 cm³/mol. The highest BCUT2D eigenvalue weighted by molar-refractivity contribution is 5.78. The van der Waals surface area contributed by atoms with Crippen molar-refractivity contribution in [1.82, 2.24) is 9.80 Å². The molecule has 160 valence electrons. The molecule has 0 N–H and O–H groups in total. The Hall–Kier alpha value is -2.60. The molecular formula is C24H30FN3O2. The van der Waals surface area contributed by atoms with Crippen LogP contribution in [0.1, 0.15) is 18.4 Å². The summed E-state index contributed by atoms with van der Waals surface area (Å²) in [5, 5.41) is 0. The molecular weight excluding hydrogens is 381 g/mol. The molecule has 2 saturated heterocycles. The van der Waals surface area contributed by atoms with Crippen LogP contribution in [-0.2, 0) is 11.2 Å². The van der Waals surface area contributed by atoms with E-state index in [1.54, 1.807) is 19.2 Å². The van der Waals surface area contributed by atoms with Gasteiger partial charge in [-0.25, -0.2) is 4.39 Å². The third-order valence-corrected chi connectivity index (χ3v) is 6.27. The second-order valence-corrected chi connectivity index (χ2v) is 8.17. The summed E-state index contributed by atoms with van der Waals surface area (Å²) in [6, 6.07) is 15.2. The average molecular weight is 412 g/mol. The topological polar surface area (TPSA) is 36.0 Å². The third kappa shape index (κ3) is 4.93. The number of methoxy groups -OCH3 is 1. The van der Waals surface area contributed by atoms with Gasteiger partial charge in [0.05, 0.1) is 13.7 Å². The van der Waals surface area contributed by atoms with E-state index in [2.05, 4.69) is 21.9 Å². The third-order valence-electron chi connectivity index (χ3n) is 6.27. The maximum atomic E-state index is 13.5.